The van der Waals surface area contributed by atoms with Gasteiger partial charge in [0.15, 0.2) is 0 Å². The van der Waals surface area contributed by atoms with Crippen LogP contribution in [-0.4, -0.2) is 39.9 Å². The fourth-order valence-electron chi connectivity index (χ4n) is 3.54. The molecule has 0 spiro atoms. The topological polar surface area (TPSA) is 79.6 Å². The van der Waals surface area contributed by atoms with Crippen molar-refractivity contribution in [3.05, 3.63) is 84.4 Å². The second-order valence-corrected chi connectivity index (χ2v) is 7.86. The lowest BCUT2D eigenvalue weighted by Gasteiger charge is -2.26. The maximum Gasteiger partial charge on any atom is 0.328 e. The van der Waals surface area contributed by atoms with E-state index in [4.69, 9.17) is 4.99 Å². The number of aromatic nitrogens is 2. The van der Waals surface area contributed by atoms with Crippen molar-refractivity contribution in [2.45, 2.75) is 26.4 Å². The Labute approximate surface area is 181 Å². The molecule has 1 aliphatic rings. The predicted molar refractivity (Wildman–Crippen MR) is 120 cm³/mol. The average molecular weight is 415 g/mol. The molecular formula is C24H25N5O2. The highest BCUT2D eigenvalue weighted by Gasteiger charge is 2.33. The number of amides is 2. The molecular weight excluding hydrogens is 390 g/mol. The van der Waals surface area contributed by atoms with Crippen LogP contribution in [0.3, 0.4) is 0 Å². The lowest BCUT2D eigenvalue weighted by molar-refractivity contribution is -0.120. The zero-order valence-electron chi connectivity index (χ0n) is 17.6. The third kappa shape index (κ3) is 4.40. The van der Waals surface area contributed by atoms with Gasteiger partial charge in [-0.1, -0.05) is 62.4 Å². The Morgan fingerprint density at radius 1 is 1.10 bits per heavy atom. The molecule has 1 unspecified atom stereocenters. The van der Waals surface area contributed by atoms with Crippen molar-refractivity contribution < 1.29 is 9.59 Å². The first-order valence-electron chi connectivity index (χ1n) is 10.4. The maximum atomic E-state index is 13.6. The number of rotatable bonds is 5. The van der Waals surface area contributed by atoms with Gasteiger partial charge in [-0.05, 0) is 18.4 Å². The van der Waals surface area contributed by atoms with Crippen LogP contribution in [0.15, 0.2) is 78.3 Å². The van der Waals surface area contributed by atoms with Crippen molar-refractivity contribution in [1.82, 2.24) is 14.9 Å². The SMILES string of the molecule is CC(C)CCN1C(=O)C(NC(=O)n2ccnc2)N=C(c2ccccc2)c2ccccc21. The smallest absolute Gasteiger partial charge is 0.308 e. The van der Waals surface area contributed by atoms with Gasteiger partial charge < -0.3 is 10.2 Å². The van der Waals surface area contributed by atoms with Crippen LogP contribution in [0, 0.1) is 5.92 Å². The maximum absolute atomic E-state index is 13.6. The molecule has 31 heavy (non-hydrogen) atoms. The Bertz CT molecular complexity index is 1090. The lowest BCUT2D eigenvalue weighted by Crippen LogP contribution is -2.48. The average Bonchev–Trinajstić information content (AvgIpc) is 3.29. The summed E-state index contributed by atoms with van der Waals surface area (Å²) < 4.78 is 1.29. The molecule has 1 aromatic heterocycles. The van der Waals surface area contributed by atoms with E-state index in [2.05, 4.69) is 24.1 Å². The number of carbonyl (C=O) groups excluding carboxylic acids is 2. The van der Waals surface area contributed by atoms with Crippen LogP contribution in [0.25, 0.3) is 0 Å². The van der Waals surface area contributed by atoms with Crippen LogP contribution in [0.2, 0.25) is 0 Å². The molecule has 7 heteroatoms. The summed E-state index contributed by atoms with van der Waals surface area (Å²) in [5.74, 6) is 0.171. The van der Waals surface area contributed by atoms with E-state index in [0.29, 0.717) is 18.2 Å². The van der Waals surface area contributed by atoms with Gasteiger partial charge in [0, 0.05) is 30.1 Å². The number of carbonyl (C=O) groups is 2. The number of hydrogen-bond donors (Lipinski definition) is 1. The van der Waals surface area contributed by atoms with Gasteiger partial charge in [0.1, 0.15) is 6.33 Å². The predicted octanol–water partition coefficient (Wildman–Crippen LogP) is 3.70. The van der Waals surface area contributed by atoms with E-state index in [1.807, 2.05) is 54.6 Å². The van der Waals surface area contributed by atoms with Gasteiger partial charge in [-0.2, -0.15) is 0 Å². The third-order valence-corrected chi connectivity index (χ3v) is 5.18. The number of aliphatic imine (C=N–C) groups is 1. The summed E-state index contributed by atoms with van der Waals surface area (Å²) in [7, 11) is 0. The number of imidazole rings is 1. The summed E-state index contributed by atoms with van der Waals surface area (Å²) in [5.41, 5.74) is 3.23. The third-order valence-electron chi connectivity index (χ3n) is 5.18. The van der Waals surface area contributed by atoms with E-state index >= 15 is 0 Å². The quantitative estimate of drug-likeness (QED) is 0.690. The van der Waals surface area contributed by atoms with E-state index in [9.17, 15) is 9.59 Å². The molecule has 2 amide bonds. The highest BCUT2D eigenvalue weighted by Crippen LogP contribution is 2.28. The van der Waals surface area contributed by atoms with E-state index in [1.54, 1.807) is 4.90 Å². The molecule has 2 aromatic carbocycles. The minimum absolute atomic E-state index is 0.257. The number of para-hydroxylation sites is 1. The Balaban J connectivity index is 1.80. The van der Waals surface area contributed by atoms with Crippen LogP contribution in [0.4, 0.5) is 10.5 Å². The largest absolute Gasteiger partial charge is 0.328 e. The van der Waals surface area contributed by atoms with Gasteiger partial charge in [-0.3, -0.25) is 9.36 Å². The van der Waals surface area contributed by atoms with Gasteiger partial charge in [0.05, 0.1) is 11.4 Å². The molecule has 0 radical (unpaired) electrons. The molecule has 2 heterocycles. The highest BCUT2D eigenvalue weighted by atomic mass is 16.2. The summed E-state index contributed by atoms with van der Waals surface area (Å²) in [4.78, 5) is 36.7. The zero-order valence-corrected chi connectivity index (χ0v) is 17.6. The second-order valence-electron chi connectivity index (χ2n) is 7.86. The highest BCUT2D eigenvalue weighted by molar-refractivity contribution is 6.20. The van der Waals surface area contributed by atoms with Gasteiger partial charge in [-0.25, -0.2) is 14.8 Å². The molecule has 1 aliphatic heterocycles. The van der Waals surface area contributed by atoms with E-state index < -0.39 is 12.2 Å². The summed E-state index contributed by atoms with van der Waals surface area (Å²) >= 11 is 0. The first kappa shape index (κ1) is 20.5. The molecule has 4 rings (SSSR count). The standard InChI is InChI=1S/C24H25N5O2/c1-17(2)12-14-29-20-11-7-6-10-19(20)21(18-8-4-3-5-9-18)26-22(23(29)30)27-24(31)28-15-13-25-16-28/h3-11,13,15-17,22H,12,14H2,1-2H3,(H,27,31). The second kappa shape index (κ2) is 8.95. The molecule has 0 saturated heterocycles. The number of benzene rings is 2. The van der Waals surface area contributed by atoms with Gasteiger partial charge >= 0.3 is 6.03 Å². The normalized spacial score (nSPS) is 16.0. The Hall–Kier alpha value is -3.74. The number of nitrogens with one attached hydrogen (secondary N) is 1. The van der Waals surface area contributed by atoms with E-state index in [1.165, 1.54) is 23.3 Å². The molecule has 0 fully saturated rings. The number of nitrogens with zero attached hydrogens (tertiary/aromatic N) is 4. The van der Waals surface area contributed by atoms with Gasteiger partial charge in [0.2, 0.25) is 6.17 Å². The number of anilines is 1. The molecule has 0 saturated carbocycles. The van der Waals surface area contributed by atoms with Crippen LogP contribution < -0.4 is 10.2 Å². The van der Waals surface area contributed by atoms with Crippen LogP contribution in [0.1, 0.15) is 31.4 Å². The van der Waals surface area contributed by atoms with E-state index in [0.717, 1.165) is 23.2 Å². The molecule has 7 nitrogen and oxygen atoms in total. The van der Waals surface area contributed by atoms with Crippen molar-refractivity contribution in [2.75, 3.05) is 11.4 Å². The van der Waals surface area contributed by atoms with Crippen LogP contribution in [-0.2, 0) is 4.79 Å². The fraction of sp³-hybridized carbons (Fsp3) is 0.250. The van der Waals surface area contributed by atoms with Crippen LogP contribution >= 0.6 is 0 Å². The molecule has 3 aromatic rings. The lowest BCUT2D eigenvalue weighted by atomic mass is 10.00. The minimum atomic E-state index is -1.05. The van der Waals surface area contributed by atoms with Crippen LogP contribution in [0.5, 0.6) is 0 Å². The number of benzodiazepines with no additional fused rings is 1. The fourth-order valence-corrected chi connectivity index (χ4v) is 3.54. The summed E-state index contributed by atoms with van der Waals surface area (Å²) in [6.45, 7) is 4.79. The Morgan fingerprint density at radius 3 is 2.55 bits per heavy atom. The van der Waals surface area contributed by atoms with Gasteiger partial charge in [0.25, 0.3) is 5.91 Å². The first-order valence-corrected chi connectivity index (χ1v) is 10.4. The summed E-state index contributed by atoms with van der Waals surface area (Å²) in [6.07, 6.45) is 4.22. The molecule has 1 atom stereocenters. The monoisotopic (exact) mass is 415 g/mol. The molecule has 158 valence electrons. The number of fused-ring (bicyclic) bond motifs is 1. The Kier molecular flexibility index (Phi) is 5.93. The van der Waals surface area contributed by atoms with E-state index in [-0.39, 0.29) is 5.91 Å². The van der Waals surface area contributed by atoms with Crippen molar-refractivity contribution in [1.29, 1.82) is 0 Å². The number of hydrogen-bond acceptors (Lipinski definition) is 4. The molecule has 1 N–H and O–H groups in total. The molecule has 0 bridgehead atoms. The summed E-state index contributed by atoms with van der Waals surface area (Å²) in [5, 5.41) is 2.77. The first-order chi connectivity index (χ1) is 15.0. The summed E-state index contributed by atoms with van der Waals surface area (Å²) in [6, 6.07) is 17.0. The van der Waals surface area contributed by atoms with Crippen molar-refractivity contribution >= 4 is 23.3 Å². The minimum Gasteiger partial charge on any atom is -0.308 e. The van der Waals surface area contributed by atoms with Gasteiger partial charge in [-0.15, -0.1) is 0 Å². The van der Waals surface area contributed by atoms with Crippen molar-refractivity contribution in [3.8, 4) is 0 Å². The zero-order chi connectivity index (χ0) is 21.8. The Morgan fingerprint density at radius 2 is 1.84 bits per heavy atom. The van der Waals surface area contributed by atoms with Crippen molar-refractivity contribution in [2.24, 2.45) is 10.9 Å². The van der Waals surface area contributed by atoms with Crippen molar-refractivity contribution in [3.63, 3.8) is 0 Å². The molecule has 0 aliphatic carbocycles.